The molecule has 0 bridgehead atoms. The average molecular weight is 220 g/mol. The first-order valence-electron chi connectivity index (χ1n) is 6.10. The number of aromatic nitrogens is 1. The Kier molecular flexibility index (Phi) is 4.31. The van der Waals surface area contributed by atoms with Gasteiger partial charge in [-0.25, -0.2) is 0 Å². The second-order valence-electron chi connectivity index (χ2n) is 4.57. The summed E-state index contributed by atoms with van der Waals surface area (Å²) in [6.45, 7) is 3.38. The maximum atomic E-state index is 8.87. The van der Waals surface area contributed by atoms with E-state index < -0.39 is 0 Å². The maximum Gasteiger partial charge on any atom is 0.0558 e. The van der Waals surface area contributed by atoms with Gasteiger partial charge >= 0.3 is 0 Å². The van der Waals surface area contributed by atoms with Gasteiger partial charge in [0.05, 0.1) is 6.61 Å². The highest BCUT2D eigenvalue weighted by Crippen LogP contribution is 2.20. The van der Waals surface area contributed by atoms with Gasteiger partial charge in [0.25, 0.3) is 0 Å². The molecule has 0 spiro atoms. The van der Waals surface area contributed by atoms with Crippen molar-refractivity contribution in [3.8, 4) is 0 Å². The van der Waals surface area contributed by atoms with Crippen molar-refractivity contribution >= 4 is 0 Å². The fourth-order valence-corrected chi connectivity index (χ4v) is 2.41. The highest BCUT2D eigenvalue weighted by molar-refractivity contribution is 5.09. The summed E-state index contributed by atoms with van der Waals surface area (Å²) in [6, 6.07) is 4.17. The van der Waals surface area contributed by atoms with Gasteiger partial charge in [0.1, 0.15) is 0 Å². The molecule has 1 saturated heterocycles. The summed E-state index contributed by atoms with van der Waals surface area (Å²) in [5.41, 5.74) is 1.35. The van der Waals surface area contributed by atoms with Crippen molar-refractivity contribution in [2.24, 2.45) is 5.92 Å². The van der Waals surface area contributed by atoms with Gasteiger partial charge in [0.15, 0.2) is 0 Å². The summed E-state index contributed by atoms with van der Waals surface area (Å²) < 4.78 is 0. The second kappa shape index (κ2) is 5.97. The Morgan fingerprint density at radius 1 is 1.38 bits per heavy atom. The van der Waals surface area contributed by atoms with Gasteiger partial charge in [-0.15, -0.1) is 0 Å². The van der Waals surface area contributed by atoms with Crippen LogP contribution in [0.25, 0.3) is 0 Å². The molecule has 1 fully saturated rings. The molecule has 0 aliphatic carbocycles. The summed E-state index contributed by atoms with van der Waals surface area (Å²) in [6.07, 6.45) is 7.44. The van der Waals surface area contributed by atoms with E-state index in [1.165, 1.54) is 18.4 Å². The van der Waals surface area contributed by atoms with Gasteiger partial charge in [0, 0.05) is 18.9 Å². The van der Waals surface area contributed by atoms with Crippen LogP contribution in [0.1, 0.15) is 18.4 Å². The van der Waals surface area contributed by atoms with E-state index in [0.29, 0.717) is 0 Å². The maximum absolute atomic E-state index is 8.87. The molecule has 0 saturated carbocycles. The van der Waals surface area contributed by atoms with E-state index in [4.69, 9.17) is 5.11 Å². The highest BCUT2D eigenvalue weighted by Gasteiger charge is 2.18. The molecule has 2 heterocycles. The molecule has 2 rings (SSSR count). The van der Waals surface area contributed by atoms with E-state index in [1.54, 1.807) is 0 Å². The van der Waals surface area contributed by atoms with Crippen molar-refractivity contribution < 1.29 is 5.11 Å². The van der Waals surface area contributed by atoms with Crippen LogP contribution in [0.4, 0.5) is 0 Å². The number of likely N-dealkylation sites (tertiary alicyclic amines) is 1. The number of aliphatic hydroxyl groups excluding tert-OH is 1. The fourth-order valence-electron chi connectivity index (χ4n) is 2.41. The summed E-state index contributed by atoms with van der Waals surface area (Å²) in [5.74, 6) is 0.791. The topological polar surface area (TPSA) is 36.4 Å². The fraction of sp³-hybridized carbons (Fsp3) is 0.615. The lowest BCUT2D eigenvalue weighted by Gasteiger charge is -2.31. The van der Waals surface area contributed by atoms with Crippen LogP contribution in [0.5, 0.6) is 0 Å². The van der Waals surface area contributed by atoms with Crippen LogP contribution >= 0.6 is 0 Å². The van der Waals surface area contributed by atoms with E-state index in [2.05, 4.69) is 16.0 Å². The predicted octanol–water partition coefficient (Wildman–Crippen LogP) is 1.33. The van der Waals surface area contributed by atoms with Crippen molar-refractivity contribution in [3.05, 3.63) is 30.1 Å². The molecular weight excluding hydrogens is 200 g/mol. The number of rotatable bonds is 4. The first-order chi connectivity index (χ1) is 7.88. The Hall–Kier alpha value is -0.930. The molecule has 3 heteroatoms. The van der Waals surface area contributed by atoms with Gasteiger partial charge in [-0.3, -0.25) is 4.98 Å². The second-order valence-corrected chi connectivity index (χ2v) is 4.57. The molecule has 1 aliphatic rings. The van der Waals surface area contributed by atoms with E-state index in [0.717, 1.165) is 32.0 Å². The SMILES string of the molecule is OCCN1CCC(Cc2cccnc2)CC1. The smallest absolute Gasteiger partial charge is 0.0558 e. The lowest BCUT2D eigenvalue weighted by molar-refractivity contribution is 0.147. The molecule has 88 valence electrons. The van der Waals surface area contributed by atoms with Crippen molar-refractivity contribution in [2.75, 3.05) is 26.2 Å². The monoisotopic (exact) mass is 220 g/mol. The third kappa shape index (κ3) is 3.29. The number of pyridine rings is 1. The van der Waals surface area contributed by atoms with Crippen LogP contribution in [0.2, 0.25) is 0 Å². The number of β-amino-alcohol motifs (C(OH)–C–C–N with tert-alkyl or cyclic N) is 1. The summed E-state index contributed by atoms with van der Waals surface area (Å²) in [4.78, 5) is 6.50. The first-order valence-corrected chi connectivity index (χ1v) is 6.10. The van der Waals surface area contributed by atoms with Gasteiger partial charge in [0.2, 0.25) is 0 Å². The Bertz CT molecular complexity index is 294. The Morgan fingerprint density at radius 2 is 2.19 bits per heavy atom. The summed E-state index contributed by atoms with van der Waals surface area (Å²) >= 11 is 0. The lowest BCUT2D eigenvalue weighted by Crippen LogP contribution is -2.36. The Balaban J connectivity index is 1.77. The van der Waals surface area contributed by atoms with E-state index in [-0.39, 0.29) is 6.61 Å². The van der Waals surface area contributed by atoms with Crippen LogP contribution < -0.4 is 0 Å². The minimum atomic E-state index is 0.285. The van der Waals surface area contributed by atoms with Crippen molar-refractivity contribution in [1.29, 1.82) is 0 Å². The van der Waals surface area contributed by atoms with Crippen molar-refractivity contribution in [2.45, 2.75) is 19.3 Å². The van der Waals surface area contributed by atoms with Crippen molar-refractivity contribution in [1.82, 2.24) is 9.88 Å². The standard InChI is InChI=1S/C13H20N2O/c16-9-8-15-6-3-12(4-7-15)10-13-2-1-5-14-11-13/h1-2,5,11-12,16H,3-4,6-10H2. The molecular formula is C13H20N2O. The number of hydrogen-bond donors (Lipinski definition) is 1. The van der Waals surface area contributed by atoms with Crippen LogP contribution in [0.15, 0.2) is 24.5 Å². The third-order valence-corrected chi connectivity index (χ3v) is 3.37. The molecule has 0 radical (unpaired) electrons. The summed E-state index contributed by atoms with van der Waals surface area (Å²) in [5, 5.41) is 8.87. The quantitative estimate of drug-likeness (QED) is 0.831. The zero-order chi connectivity index (χ0) is 11.2. The van der Waals surface area contributed by atoms with Crippen molar-refractivity contribution in [3.63, 3.8) is 0 Å². The van der Waals surface area contributed by atoms with Crippen LogP contribution in [0.3, 0.4) is 0 Å². The van der Waals surface area contributed by atoms with Crippen LogP contribution in [-0.4, -0.2) is 41.2 Å². The lowest BCUT2D eigenvalue weighted by atomic mass is 9.91. The molecule has 0 aromatic carbocycles. The van der Waals surface area contributed by atoms with Crippen LogP contribution in [-0.2, 0) is 6.42 Å². The minimum Gasteiger partial charge on any atom is -0.395 e. The van der Waals surface area contributed by atoms with E-state index in [9.17, 15) is 0 Å². The number of nitrogens with zero attached hydrogens (tertiary/aromatic N) is 2. The molecule has 0 atom stereocenters. The Labute approximate surface area is 97.1 Å². The van der Waals surface area contributed by atoms with E-state index >= 15 is 0 Å². The molecule has 1 aromatic rings. The molecule has 1 aromatic heterocycles. The molecule has 0 amide bonds. The minimum absolute atomic E-state index is 0.285. The van der Waals surface area contributed by atoms with Gasteiger partial charge in [-0.1, -0.05) is 6.07 Å². The first kappa shape index (κ1) is 11.6. The average Bonchev–Trinajstić information content (AvgIpc) is 2.33. The normalized spacial score (nSPS) is 18.8. The molecule has 1 N–H and O–H groups in total. The van der Waals surface area contributed by atoms with E-state index in [1.807, 2.05) is 18.5 Å². The molecule has 1 aliphatic heterocycles. The highest BCUT2D eigenvalue weighted by atomic mass is 16.3. The largest absolute Gasteiger partial charge is 0.395 e. The van der Waals surface area contributed by atoms with Gasteiger partial charge < -0.3 is 10.0 Å². The molecule has 0 unspecified atom stereocenters. The predicted molar refractivity (Wildman–Crippen MR) is 64.2 cm³/mol. The number of piperidine rings is 1. The third-order valence-electron chi connectivity index (χ3n) is 3.37. The number of hydrogen-bond acceptors (Lipinski definition) is 3. The zero-order valence-corrected chi connectivity index (χ0v) is 9.68. The Morgan fingerprint density at radius 3 is 2.81 bits per heavy atom. The number of aliphatic hydroxyl groups is 1. The molecule has 3 nitrogen and oxygen atoms in total. The van der Waals surface area contributed by atoms with Crippen LogP contribution in [0, 0.1) is 5.92 Å². The summed E-state index contributed by atoms with van der Waals surface area (Å²) in [7, 11) is 0. The van der Waals surface area contributed by atoms with Gasteiger partial charge in [-0.05, 0) is 49.9 Å². The zero-order valence-electron chi connectivity index (χ0n) is 9.68. The molecule has 16 heavy (non-hydrogen) atoms. The van der Waals surface area contributed by atoms with Gasteiger partial charge in [-0.2, -0.15) is 0 Å².